The number of carboxylic acid groups (broad SMARTS) is 1. The summed E-state index contributed by atoms with van der Waals surface area (Å²) in [4.78, 5) is 48.8. The van der Waals surface area contributed by atoms with Gasteiger partial charge in [0.2, 0.25) is 0 Å². The normalized spacial score (nSPS) is 16.6. The first-order valence-electron chi connectivity index (χ1n) is 8.43. The molecule has 8 nitrogen and oxygen atoms in total. The van der Waals surface area contributed by atoms with Gasteiger partial charge in [-0.1, -0.05) is 29.8 Å². The summed E-state index contributed by atoms with van der Waals surface area (Å²) in [6.07, 6.45) is 0.300. The van der Waals surface area contributed by atoms with E-state index in [1.807, 2.05) is 0 Å². The number of amides is 4. The van der Waals surface area contributed by atoms with Gasteiger partial charge in [-0.15, -0.1) is 0 Å². The van der Waals surface area contributed by atoms with Crippen LogP contribution in [0.4, 0.5) is 10.5 Å². The number of rotatable bonds is 5. The number of carboxylic acids is 1. The number of carbonyl (C=O) groups is 4. The van der Waals surface area contributed by atoms with Gasteiger partial charge >= 0.3 is 12.0 Å². The number of nitrogens with one attached hydrogen (secondary N) is 1. The first kappa shape index (κ1) is 20.1. The molecule has 0 aromatic heterocycles. The number of nitrogens with zero attached hydrogens (tertiary/aromatic N) is 1. The van der Waals surface area contributed by atoms with Crippen LogP contribution < -0.4 is 15.0 Å². The summed E-state index contributed by atoms with van der Waals surface area (Å²) in [5.41, 5.74) is 0.473. The van der Waals surface area contributed by atoms with Crippen molar-refractivity contribution in [2.24, 2.45) is 0 Å². The van der Waals surface area contributed by atoms with Gasteiger partial charge in [-0.3, -0.25) is 14.9 Å². The minimum Gasteiger partial charge on any atom is -0.479 e. The standard InChI is InChI=1S/C20H15ClN2O6/c1-11(19(26)27)29-15-7-5-12(6-8-15)9-16-17(24)22-20(28)23(18(16)25)14-4-2-3-13(21)10-14/h2-11H,1H3,(H,26,27)(H,22,24,28)/b16-9-. The number of benzene rings is 2. The van der Waals surface area contributed by atoms with E-state index in [2.05, 4.69) is 5.32 Å². The fraction of sp³-hybridized carbons (Fsp3) is 0.100. The average molecular weight is 415 g/mol. The number of hydrogen-bond acceptors (Lipinski definition) is 5. The summed E-state index contributed by atoms with van der Waals surface area (Å²) in [6.45, 7) is 1.39. The van der Waals surface area contributed by atoms with Gasteiger partial charge in [0, 0.05) is 5.02 Å². The zero-order valence-corrected chi connectivity index (χ0v) is 15.8. The third-order valence-electron chi connectivity index (χ3n) is 4.02. The smallest absolute Gasteiger partial charge is 0.344 e. The minimum absolute atomic E-state index is 0.227. The molecule has 148 valence electrons. The van der Waals surface area contributed by atoms with E-state index in [0.717, 1.165) is 4.90 Å². The lowest BCUT2D eigenvalue weighted by molar-refractivity contribution is -0.144. The van der Waals surface area contributed by atoms with Crippen LogP contribution in [0.5, 0.6) is 5.75 Å². The summed E-state index contributed by atoms with van der Waals surface area (Å²) >= 11 is 5.92. The summed E-state index contributed by atoms with van der Waals surface area (Å²) in [6, 6.07) is 11.4. The largest absolute Gasteiger partial charge is 0.479 e. The lowest BCUT2D eigenvalue weighted by atomic mass is 10.1. The lowest BCUT2D eigenvalue weighted by Crippen LogP contribution is -2.54. The van der Waals surface area contributed by atoms with Gasteiger partial charge in [-0.25, -0.2) is 14.5 Å². The molecule has 1 aliphatic rings. The molecule has 1 atom stereocenters. The van der Waals surface area contributed by atoms with Crippen molar-refractivity contribution in [2.45, 2.75) is 13.0 Å². The first-order chi connectivity index (χ1) is 13.8. The first-order valence-corrected chi connectivity index (χ1v) is 8.80. The maximum atomic E-state index is 12.8. The average Bonchev–Trinajstić information content (AvgIpc) is 2.66. The highest BCUT2D eigenvalue weighted by Gasteiger charge is 2.36. The van der Waals surface area contributed by atoms with Crippen LogP contribution in [-0.4, -0.2) is 35.0 Å². The van der Waals surface area contributed by atoms with Crippen molar-refractivity contribution in [3.8, 4) is 5.75 Å². The second-order valence-corrected chi connectivity index (χ2v) is 6.54. The molecular weight excluding hydrogens is 400 g/mol. The van der Waals surface area contributed by atoms with Gasteiger partial charge in [0.15, 0.2) is 6.10 Å². The Morgan fingerprint density at radius 2 is 1.86 bits per heavy atom. The van der Waals surface area contributed by atoms with Crippen LogP contribution in [0.15, 0.2) is 54.1 Å². The Bertz CT molecular complexity index is 1030. The van der Waals surface area contributed by atoms with Crippen molar-refractivity contribution in [3.05, 3.63) is 64.7 Å². The highest BCUT2D eigenvalue weighted by Crippen LogP contribution is 2.25. The molecule has 0 radical (unpaired) electrons. The topological polar surface area (TPSA) is 113 Å². The third-order valence-corrected chi connectivity index (χ3v) is 4.25. The zero-order chi connectivity index (χ0) is 21.1. The van der Waals surface area contributed by atoms with E-state index in [0.29, 0.717) is 16.3 Å². The van der Waals surface area contributed by atoms with Crippen molar-refractivity contribution in [1.82, 2.24) is 5.32 Å². The van der Waals surface area contributed by atoms with Gasteiger partial charge < -0.3 is 9.84 Å². The van der Waals surface area contributed by atoms with E-state index in [4.69, 9.17) is 21.4 Å². The van der Waals surface area contributed by atoms with Crippen molar-refractivity contribution in [2.75, 3.05) is 4.90 Å². The van der Waals surface area contributed by atoms with E-state index in [9.17, 15) is 19.2 Å². The maximum absolute atomic E-state index is 12.8. The summed E-state index contributed by atoms with van der Waals surface area (Å²) in [7, 11) is 0. The second-order valence-electron chi connectivity index (χ2n) is 6.11. The fourth-order valence-electron chi connectivity index (χ4n) is 2.57. The van der Waals surface area contributed by atoms with E-state index in [1.165, 1.54) is 37.3 Å². The third kappa shape index (κ3) is 4.44. The monoisotopic (exact) mass is 414 g/mol. The van der Waals surface area contributed by atoms with Crippen molar-refractivity contribution in [1.29, 1.82) is 0 Å². The number of hydrogen-bond donors (Lipinski definition) is 2. The molecule has 9 heteroatoms. The molecular formula is C20H15ClN2O6. The molecule has 2 aromatic rings. The molecule has 0 spiro atoms. The molecule has 4 amide bonds. The highest BCUT2D eigenvalue weighted by atomic mass is 35.5. The summed E-state index contributed by atoms with van der Waals surface area (Å²) in [5, 5.41) is 11.3. The van der Waals surface area contributed by atoms with Crippen LogP contribution >= 0.6 is 11.6 Å². The number of halogens is 1. The Labute approximate surface area is 170 Å². The predicted molar refractivity (Wildman–Crippen MR) is 105 cm³/mol. The zero-order valence-electron chi connectivity index (χ0n) is 15.1. The molecule has 1 aliphatic heterocycles. The molecule has 2 aromatic carbocycles. The van der Waals surface area contributed by atoms with Gasteiger partial charge in [0.1, 0.15) is 11.3 Å². The molecule has 1 fully saturated rings. The number of aliphatic carboxylic acids is 1. The summed E-state index contributed by atoms with van der Waals surface area (Å²) in [5.74, 6) is -2.40. The Morgan fingerprint density at radius 3 is 2.48 bits per heavy atom. The Balaban J connectivity index is 1.87. The predicted octanol–water partition coefficient (Wildman–Crippen LogP) is 2.86. The van der Waals surface area contributed by atoms with Crippen molar-refractivity contribution < 1.29 is 29.0 Å². The number of anilines is 1. The van der Waals surface area contributed by atoms with E-state index in [1.54, 1.807) is 24.3 Å². The number of ether oxygens (including phenoxy) is 1. The molecule has 1 saturated heterocycles. The van der Waals surface area contributed by atoms with Crippen LogP contribution in [0.3, 0.4) is 0 Å². The van der Waals surface area contributed by atoms with Crippen LogP contribution in [0.1, 0.15) is 12.5 Å². The molecule has 29 heavy (non-hydrogen) atoms. The minimum atomic E-state index is -1.11. The number of urea groups is 1. The van der Waals surface area contributed by atoms with E-state index < -0.39 is 29.9 Å². The summed E-state index contributed by atoms with van der Waals surface area (Å²) < 4.78 is 5.23. The maximum Gasteiger partial charge on any atom is 0.344 e. The van der Waals surface area contributed by atoms with Gasteiger partial charge in [-0.05, 0) is 48.9 Å². The van der Waals surface area contributed by atoms with Crippen molar-refractivity contribution >= 4 is 47.2 Å². The molecule has 3 rings (SSSR count). The van der Waals surface area contributed by atoms with Gasteiger partial charge in [0.25, 0.3) is 11.8 Å². The van der Waals surface area contributed by atoms with Crippen LogP contribution in [-0.2, 0) is 14.4 Å². The Hall–Kier alpha value is -3.65. The molecule has 0 bridgehead atoms. The van der Waals surface area contributed by atoms with Gasteiger partial charge in [0.05, 0.1) is 5.69 Å². The Morgan fingerprint density at radius 1 is 1.17 bits per heavy atom. The SMILES string of the molecule is CC(Oc1ccc(/C=C2/C(=O)NC(=O)N(c3cccc(Cl)c3)C2=O)cc1)C(=O)O. The van der Waals surface area contributed by atoms with E-state index >= 15 is 0 Å². The molecule has 1 heterocycles. The number of imide groups is 2. The van der Waals surface area contributed by atoms with E-state index in [-0.39, 0.29) is 11.3 Å². The molecule has 1 unspecified atom stereocenters. The van der Waals surface area contributed by atoms with Crippen LogP contribution in [0.2, 0.25) is 5.02 Å². The number of carbonyl (C=O) groups excluding carboxylic acids is 3. The lowest BCUT2D eigenvalue weighted by Gasteiger charge is -2.26. The van der Waals surface area contributed by atoms with Crippen molar-refractivity contribution in [3.63, 3.8) is 0 Å². The van der Waals surface area contributed by atoms with Crippen LogP contribution in [0, 0.1) is 0 Å². The highest BCUT2D eigenvalue weighted by molar-refractivity contribution is 6.39. The van der Waals surface area contributed by atoms with Crippen LogP contribution in [0.25, 0.3) is 6.08 Å². The van der Waals surface area contributed by atoms with Gasteiger partial charge in [-0.2, -0.15) is 0 Å². The number of barbiturate groups is 1. The molecule has 0 saturated carbocycles. The molecule has 0 aliphatic carbocycles. The fourth-order valence-corrected chi connectivity index (χ4v) is 2.76. The quantitative estimate of drug-likeness (QED) is 0.574. The Kier molecular flexibility index (Phi) is 5.65. The second kappa shape index (κ2) is 8.15. The molecule has 2 N–H and O–H groups in total.